The zero-order chi connectivity index (χ0) is 14.8. The number of halogens is 2. The Morgan fingerprint density at radius 3 is 2.86 bits per heavy atom. The van der Waals surface area contributed by atoms with Crippen LogP contribution in [0.15, 0.2) is 45.3 Å². The molecule has 21 heavy (non-hydrogen) atoms. The van der Waals surface area contributed by atoms with Crippen molar-refractivity contribution in [1.29, 1.82) is 0 Å². The molecule has 1 unspecified atom stereocenters. The standard InChI is InChI=1S/C16H15Br2NO2/c1-20-11-3-5-16-12(9-11)14(6-7-21-16)19-15-8-10(17)2-4-13(15)18/h2-5,8-9,14,19H,6-7H2,1H3. The van der Waals surface area contributed by atoms with Gasteiger partial charge in [0.15, 0.2) is 0 Å². The third-order valence-electron chi connectivity index (χ3n) is 3.51. The summed E-state index contributed by atoms with van der Waals surface area (Å²) in [7, 11) is 1.68. The third kappa shape index (κ3) is 3.19. The minimum atomic E-state index is 0.203. The van der Waals surface area contributed by atoms with Gasteiger partial charge in [-0.1, -0.05) is 15.9 Å². The van der Waals surface area contributed by atoms with Gasteiger partial charge in [-0.2, -0.15) is 0 Å². The normalized spacial score (nSPS) is 16.8. The summed E-state index contributed by atoms with van der Waals surface area (Å²) in [6.07, 6.45) is 0.916. The number of hydrogen-bond acceptors (Lipinski definition) is 3. The second kappa shape index (κ2) is 6.28. The van der Waals surface area contributed by atoms with E-state index >= 15 is 0 Å². The summed E-state index contributed by atoms with van der Waals surface area (Å²) >= 11 is 7.10. The number of benzene rings is 2. The maximum absolute atomic E-state index is 5.73. The predicted octanol–water partition coefficient (Wildman–Crippen LogP) is 5.16. The predicted molar refractivity (Wildman–Crippen MR) is 91.3 cm³/mol. The molecule has 1 aliphatic rings. The molecule has 0 bridgehead atoms. The monoisotopic (exact) mass is 411 g/mol. The number of fused-ring (bicyclic) bond motifs is 1. The van der Waals surface area contributed by atoms with E-state index in [4.69, 9.17) is 9.47 Å². The molecule has 0 aromatic heterocycles. The van der Waals surface area contributed by atoms with Crippen LogP contribution in [-0.4, -0.2) is 13.7 Å². The summed E-state index contributed by atoms with van der Waals surface area (Å²) < 4.78 is 13.1. The van der Waals surface area contributed by atoms with Crippen molar-refractivity contribution in [2.45, 2.75) is 12.5 Å². The smallest absolute Gasteiger partial charge is 0.124 e. The van der Waals surface area contributed by atoms with Crippen LogP contribution in [0.4, 0.5) is 5.69 Å². The Kier molecular flexibility index (Phi) is 4.40. The molecule has 0 aliphatic carbocycles. The molecular weight excluding hydrogens is 398 g/mol. The number of nitrogens with one attached hydrogen (secondary N) is 1. The minimum Gasteiger partial charge on any atom is -0.497 e. The van der Waals surface area contributed by atoms with E-state index in [1.54, 1.807) is 7.11 Å². The molecule has 1 aliphatic heterocycles. The van der Waals surface area contributed by atoms with Gasteiger partial charge in [0.2, 0.25) is 0 Å². The van der Waals surface area contributed by atoms with E-state index in [2.05, 4.69) is 43.2 Å². The van der Waals surface area contributed by atoms with Crippen LogP contribution in [0.5, 0.6) is 11.5 Å². The van der Waals surface area contributed by atoms with Gasteiger partial charge in [0.05, 0.1) is 25.4 Å². The van der Waals surface area contributed by atoms with Crippen LogP contribution < -0.4 is 14.8 Å². The van der Waals surface area contributed by atoms with Gasteiger partial charge in [-0.15, -0.1) is 0 Å². The van der Waals surface area contributed by atoms with Gasteiger partial charge in [-0.05, 0) is 52.3 Å². The second-order valence-electron chi connectivity index (χ2n) is 4.86. The lowest BCUT2D eigenvalue weighted by Crippen LogP contribution is -2.20. The van der Waals surface area contributed by atoms with Crippen LogP contribution in [0.25, 0.3) is 0 Å². The summed E-state index contributed by atoms with van der Waals surface area (Å²) in [4.78, 5) is 0. The van der Waals surface area contributed by atoms with Gasteiger partial charge in [-0.3, -0.25) is 0 Å². The largest absolute Gasteiger partial charge is 0.497 e. The van der Waals surface area contributed by atoms with Crippen molar-refractivity contribution in [2.75, 3.05) is 19.0 Å². The molecule has 1 heterocycles. The van der Waals surface area contributed by atoms with Crippen molar-refractivity contribution < 1.29 is 9.47 Å². The Morgan fingerprint density at radius 2 is 2.05 bits per heavy atom. The summed E-state index contributed by atoms with van der Waals surface area (Å²) in [6.45, 7) is 0.711. The van der Waals surface area contributed by atoms with E-state index in [0.717, 1.165) is 38.1 Å². The van der Waals surface area contributed by atoms with E-state index in [9.17, 15) is 0 Å². The number of hydrogen-bond donors (Lipinski definition) is 1. The molecule has 0 spiro atoms. The Labute approximate surface area is 140 Å². The number of rotatable bonds is 3. The summed E-state index contributed by atoms with van der Waals surface area (Å²) in [5, 5.41) is 3.59. The maximum atomic E-state index is 5.73. The SMILES string of the molecule is COc1ccc2c(c1)C(Nc1cc(Br)ccc1Br)CCO2. The number of ether oxygens (including phenoxy) is 2. The first-order valence-corrected chi connectivity index (χ1v) is 8.28. The van der Waals surface area contributed by atoms with Crippen molar-refractivity contribution >= 4 is 37.5 Å². The first kappa shape index (κ1) is 14.7. The molecule has 0 amide bonds. The number of methoxy groups -OCH3 is 1. The fraction of sp³-hybridized carbons (Fsp3) is 0.250. The van der Waals surface area contributed by atoms with E-state index < -0.39 is 0 Å². The van der Waals surface area contributed by atoms with Crippen molar-refractivity contribution in [3.63, 3.8) is 0 Å². The van der Waals surface area contributed by atoms with Crippen molar-refractivity contribution in [1.82, 2.24) is 0 Å². The van der Waals surface area contributed by atoms with Crippen LogP contribution in [0.1, 0.15) is 18.0 Å². The first-order chi connectivity index (χ1) is 10.2. The average molecular weight is 413 g/mol. The van der Waals surface area contributed by atoms with Gasteiger partial charge in [0.1, 0.15) is 11.5 Å². The second-order valence-corrected chi connectivity index (χ2v) is 6.63. The fourth-order valence-electron chi connectivity index (χ4n) is 2.45. The van der Waals surface area contributed by atoms with E-state index in [1.165, 1.54) is 0 Å². The Bertz CT molecular complexity index is 661. The molecule has 110 valence electrons. The summed E-state index contributed by atoms with van der Waals surface area (Å²) in [6, 6.07) is 12.2. The molecule has 1 atom stereocenters. The molecule has 0 saturated carbocycles. The topological polar surface area (TPSA) is 30.5 Å². The lowest BCUT2D eigenvalue weighted by molar-refractivity contribution is 0.273. The van der Waals surface area contributed by atoms with Crippen LogP contribution >= 0.6 is 31.9 Å². The van der Waals surface area contributed by atoms with Crippen molar-refractivity contribution in [3.05, 3.63) is 50.9 Å². The molecule has 2 aromatic rings. The van der Waals surface area contributed by atoms with Crippen LogP contribution in [0.3, 0.4) is 0 Å². The van der Waals surface area contributed by atoms with Gasteiger partial charge >= 0.3 is 0 Å². The lowest BCUT2D eigenvalue weighted by atomic mass is 10.00. The molecule has 5 heteroatoms. The van der Waals surface area contributed by atoms with E-state index in [0.29, 0.717) is 6.61 Å². The van der Waals surface area contributed by atoms with Crippen molar-refractivity contribution in [3.8, 4) is 11.5 Å². The molecule has 3 nitrogen and oxygen atoms in total. The van der Waals surface area contributed by atoms with Crippen molar-refractivity contribution in [2.24, 2.45) is 0 Å². The molecule has 0 saturated heterocycles. The Morgan fingerprint density at radius 1 is 1.19 bits per heavy atom. The highest BCUT2D eigenvalue weighted by atomic mass is 79.9. The van der Waals surface area contributed by atoms with Crippen LogP contribution in [-0.2, 0) is 0 Å². The van der Waals surface area contributed by atoms with E-state index in [-0.39, 0.29) is 6.04 Å². The molecule has 2 aromatic carbocycles. The fourth-order valence-corrected chi connectivity index (χ4v) is 3.17. The van der Waals surface area contributed by atoms with Gasteiger partial charge in [-0.25, -0.2) is 0 Å². The highest BCUT2D eigenvalue weighted by molar-refractivity contribution is 9.11. The van der Waals surface area contributed by atoms with Gasteiger partial charge in [0, 0.05) is 20.9 Å². The van der Waals surface area contributed by atoms with Gasteiger partial charge < -0.3 is 14.8 Å². The molecule has 1 N–H and O–H groups in total. The molecule has 0 radical (unpaired) electrons. The summed E-state index contributed by atoms with van der Waals surface area (Å²) in [5.41, 5.74) is 2.19. The highest BCUT2D eigenvalue weighted by Crippen LogP contribution is 2.38. The Hall–Kier alpha value is -1.20. The highest BCUT2D eigenvalue weighted by Gasteiger charge is 2.22. The minimum absolute atomic E-state index is 0.203. The lowest BCUT2D eigenvalue weighted by Gasteiger charge is -2.28. The maximum Gasteiger partial charge on any atom is 0.124 e. The zero-order valence-electron chi connectivity index (χ0n) is 11.5. The third-order valence-corrected chi connectivity index (χ3v) is 4.70. The van der Waals surface area contributed by atoms with Crippen LogP contribution in [0.2, 0.25) is 0 Å². The molecule has 0 fully saturated rings. The Balaban J connectivity index is 1.92. The van der Waals surface area contributed by atoms with E-state index in [1.807, 2.05) is 30.3 Å². The zero-order valence-corrected chi connectivity index (χ0v) is 14.7. The average Bonchev–Trinajstić information content (AvgIpc) is 2.51. The quantitative estimate of drug-likeness (QED) is 0.755. The van der Waals surface area contributed by atoms with Crippen LogP contribution in [0, 0.1) is 0 Å². The molecular formula is C16H15Br2NO2. The first-order valence-electron chi connectivity index (χ1n) is 6.69. The number of anilines is 1. The van der Waals surface area contributed by atoms with Gasteiger partial charge in [0.25, 0.3) is 0 Å². The summed E-state index contributed by atoms with van der Waals surface area (Å²) in [5.74, 6) is 1.77. The molecule has 3 rings (SSSR count).